The van der Waals surface area contributed by atoms with Crippen LogP contribution in [-0.4, -0.2) is 26.8 Å². The number of benzene rings is 2. The summed E-state index contributed by atoms with van der Waals surface area (Å²) in [5.41, 5.74) is -1.78. The molecule has 2 aromatic carbocycles. The Labute approximate surface area is 185 Å². The highest BCUT2D eigenvalue weighted by molar-refractivity contribution is 7.93. The van der Waals surface area contributed by atoms with E-state index in [1.54, 1.807) is 0 Å². The first-order chi connectivity index (χ1) is 14.3. The van der Waals surface area contributed by atoms with E-state index in [1.807, 2.05) is 4.72 Å². The van der Waals surface area contributed by atoms with E-state index in [9.17, 15) is 30.0 Å². The largest absolute Gasteiger partial charge is 0.417 e. The third-order valence-corrected chi connectivity index (χ3v) is 7.56. The fourth-order valence-corrected chi connectivity index (χ4v) is 5.53. The Morgan fingerprint density at radius 3 is 2.35 bits per heavy atom. The lowest BCUT2D eigenvalue weighted by Gasteiger charge is -2.15. The summed E-state index contributed by atoms with van der Waals surface area (Å²) in [7, 11) is -8.73. The van der Waals surface area contributed by atoms with E-state index in [4.69, 9.17) is 23.2 Å². The minimum atomic E-state index is -4.89. The molecule has 1 aromatic heterocycles. The number of aromatic nitrogens is 2. The normalized spacial score (nSPS) is 12.7. The van der Waals surface area contributed by atoms with Crippen molar-refractivity contribution in [2.45, 2.75) is 21.7 Å². The van der Waals surface area contributed by atoms with E-state index in [0.717, 1.165) is 24.3 Å². The van der Waals surface area contributed by atoms with Gasteiger partial charge in [0.2, 0.25) is 0 Å². The average molecular weight is 514 g/mol. The number of hydrogen-bond donors (Lipinski definition) is 2. The maximum atomic E-state index is 13.1. The number of nitrogens with one attached hydrogen (secondary N) is 2. The second kappa shape index (κ2) is 8.34. The van der Waals surface area contributed by atoms with Gasteiger partial charge in [0.25, 0.3) is 10.0 Å². The fourth-order valence-electron chi connectivity index (χ4n) is 2.58. The number of alkyl halides is 3. The zero-order valence-electron chi connectivity index (χ0n) is 15.1. The number of H-pyrrole nitrogens is 1. The summed E-state index contributed by atoms with van der Waals surface area (Å²) in [6.07, 6.45) is -2.14. The molecule has 0 bridgehead atoms. The maximum absolute atomic E-state index is 13.1. The molecule has 0 aliphatic carbocycles. The Balaban J connectivity index is 2.04. The molecule has 0 fully saturated rings. The minimum Gasteiger partial charge on any atom is -0.348 e. The van der Waals surface area contributed by atoms with Crippen LogP contribution in [0.5, 0.6) is 0 Å². The van der Waals surface area contributed by atoms with Crippen LogP contribution < -0.4 is 4.72 Å². The first-order valence-electron chi connectivity index (χ1n) is 8.20. The molecule has 0 saturated carbocycles. The molecule has 0 saturated heterocycles. The van der Waals surface area contributed by atoms with Crippen molar-refractivity contribution in [1.29, 1.82) is 0 Å². The van der Waals surface area contributed by atoms with E-state index in [0.29, 0.717) is 6.07 Å². The first-order valence-corrected chi connectivity index (χ1v) is 12.1. The van der Waals surface area contributed by atoms with Crippen molar-refractivity contribution in [2.75, 3.05) is 4.72 Å². The monoisotopic (exact) mass is 513 g/mol. The molecule has 166 valence electrons. The highest BCUT2D eigenvalue weighted by Crippen LogP contribution is 2.36. The van der Waals surface area contributed by atoms with Crippen molar-refractivity contribution in [2.24, 2.45) is 0 Å². The summed E-state index contributed by atoms with van der Waals surface area (Å²) in [5.74, 6) is -0.466. The van der Waals surface area contributed by atoms with E-state index < -0.39 is 57.9 Å². The highest BCUT2D eigenvalue weighted by atomic mass is 35.5. The molecule has 0 unspecified atom stereocenters. The van der Waals surface area contributed by atoms with Crippen LogP contribution in [0.3, 0.4) is 0 Å². The first kappa shape index (κ1) is 23.4. The van der Waals surface area contributed by atoms with Gasteiger partial charge in [-0.25, -0.2) is 21.8 Å². The molecule has 1 heterocycles. The standard InChI is InChI=1S/C17H12Cl2F3N3O4S2/c18-10-1-4-15(30(26,27)9-16-23-5-6-24-16)14(7-10)25-31(28,29)11-2-3-13(19)12(8-11)17(20,21)22/h1-8,25H,9H2,(H,23,24). The van der Waals surface area contributed by atoms with Gasteiger partial charge >= 0.3 is 6.18 Å². The highest BCUT2D eigenvalue weighted by Gasteiger charge is 2.35. The van der Waals surface area contributed by atoms with Crippen molar-refractivity contribution in [3.63, 3.8) is 0 Å². The fraction of sp³-hybridized carbons (Fsp3) is 0.118. The van der Waals surface area contributed by atoms with Gasteiger partial charge in [-0.15, -0.1) is 0 Å². The van der Waals surface area contributed by atoms with Gasteiger partial charge in [0.15, 0.2) is 9.84 Å². The van der Waals surface area contributed by atoms with Gasteiger partial charge < -0.3 is 4.98 Å². The third-order valence-electron chi connectivity index (χ3n) is 3.96. The Morgan fingerprint density at radius 1 is 1.03 bits per heavy atom. The predicted octanol–water partition coefficient (Wildman–Crippen LogP) is 4.51. The van der Waals surface area contributed by atoms with Crippen LogP contribution in [-0.2, 0) is 31.8 Å². The van der Waals surface area contributed by atoms with Gasteiger partial charge in [-0.2, -0.15) is 13.2 Å². The lowest BCUT2D eigenvalue weighted by atomic mass is 10.2. The van der Waals surface area contributed by atoms with Gasteiger partial charge in [-0.1, -0.05) is 23.2 Å². The summed E-state index contributed by atoms with van der Waals surface area (Å²) in [6.45, 7) is 0. The van der Waals surface area contributed by atoms with Crippen LogP contribution in [0.1, 0.15) is 11.4 Å². The smallest absolute Gasteiger partial charge is 0.348 e. The molecule has 2 N–H and O–H groups in total. The number of halogens is 5. The van der Waals surface area contributed by atoms with Crippen molar-refractivity contribution in [1.82, 2.24) is 9.97 Å². The van der Waals surface area contributed by atoms with Crippen LogP contribution in [0.4, 0.5) is 18.9 Å². The second-order valence-electron chi connectivity index (χ2n) is 6.18. The van der Waals surface area contributed by atoms with Gasteiger partial charge in [0, 0.05) is 17.4 Å². The maximum Gasteiger partial charge on any atom is 0.417 e. The van der Waals surface area contributed by atoms with E-state index in [-0.39, 0.29) is 10.8 Å². The molecule has 0 aliphatic rings. The molecule has 0 spiro atoms. The zero-order valence-corrected chi connectivity index (χ0v) is 18.3. The number of nitrogens with zero attached hydrogens (tertiary/aromatic N) is 1. The summed E-state index contributed by atoms with van der Waals surface area (Å²) in [4.78, 5) is 5.24. The molecule has 0 atom stereocenters. The van der Waals surface area contributed by atoms with Gasteiger partial charge in [-0.05, 0) is 36.4 Å². The number of sulfonamides is 1. The Morgan fingerprint density at radius 2 is 1.74 bits per heavy atom. The van der Waals surface area contributed by atoms with E-state index in [1.165, 1.54) is 18.5 Å². The van der Waals surface area contributed by atoms with Crippen LogP contribution in [0.2, 0.25) is 10.0 Å². The number of imidazole rings is 1. The van der Waals surface area contributed by atoms with E-state index in [2.05, 4.69) is 9.97 Å². The van der Waals surface area contributed by atoms with Gasteiger partial charge in [-0.3, -0.25) is 4.72 Å². The minimum absolute atomic E-state index is 0.00161. The number of rotatable bonds is 6. The third kappa shape index (κ3) is 5.32. The zero-order chi connectivity index (χ0) is 23.0. The molecule has 3 rings (SSSR count). The van der Waals surface area contributed by atoms with E-state index >= 15 is 0 Å². The Hall–Kier alpha value is -2.28. The van der Waals surface area contributed by atoms with Crippen LogP contribution in [0, 0.1) is 0 Å². The SMILES string of the molecule is O=S(=O)(Cc1ncc[nH]1)c1ccc(Cl)cc1NS(=O)(=O)c1ccc(Cl)c(C(F)(F)F)c1. The molecular weight excluding hydrogens is 502 g/mol. The summed E-state index contributed by atoms with van der Waals surface area (Å²) in [6, 6.07) is 5.35. The molecule has 7 nitrogen and oxygen atoms in total. The van der Waals surface area contributed by atoms with Crippen molar-refractivity contribution in [3.05, 3.63) is 70.2 Å². The number of anilines is 1. The second-order valence-corrected chi connectivity index (χ2v) is 10.7. The van der Waals surface area contributed by atoms with Gasteiger partial charge in [0.1, 0.15) is 11.6 Å². The Kier molecular flexibility index (Phi) is 6.29. The van der Waals surface area contributed by atoms with Crippen molar-refractivity contribution < 1.29 is 30.0 Å². The predicted molar refractivity (Wildman–Crippen MR) is 108 cm³/mol. The molecule has 3 aromatic rings. The number of hydrogen-bond acceptors (Lipinski definition) is 5. The quantitative estimate of drug-likeness (QED) is 0.503. The number of sulfone groups is 1. The van der Waals surface area contributed by atoms with Crippen LogP contribution in [0.15, 0.2) is 58.6 Å². The molecule has 0 amide bonds. The molecular formula is C17H12Cl2F3N3O4S2. The topological polar surface area (TPSA) is 109 Å². The van der Waals surface area contributed by atoms with Crippen molar-refractivity contribution in [3.8, 4) is 0 Å². The average Bonchev–Trinajstić information content (AvgIpc) is 3.12. The lowest BCUT2D eigenvalue weighted by Crippen LogP contribution is -2.17. The summed E-state index contributed by atoms with van der Waals surface area (Å²) in [5, 5.41) is -0.683. The molecule has 0 aliphatic heterocycles. The van der Waals surface area contributed by atoms with Crippen molar-refractivity contribution >= 4 is 48.7 Å². The number of aromatic amines is 1. The lowest BCUT2D eigenvalue weighted by molar-refractivity contribution is -0.137. The summed E-state index contributed by atoms with van der Waals surface area (Å²) < 4.78 is 92.3. The molecule has 0 radical (unpaired) electrons. The van der Waals surface area contributed by atoms with Crippen LogP contribution in [0.25, 0.3) is 0 Å². The summed E-state index contributed by atoms with van der Waals surface area (Å²) >= 11 is 11.4. The van der Waals surface area contributed by atoms with Gasteiger partial charge in [0.05, 0.1) is 26.1 Å². The molecule has 31 heavy (non-hydrogen) atoms. The Bertz CT molecular complexity index is 1330. The van der Waals surface area contributed by atoms with Crippen LogP contribution >= 0.6 is 23.2 Å². The molecule has 14 heteroatoms.